The van der Waals surface area contributed by atoms with Gasteiger partial charge in [-0.15, -0.1) is 0 Å². The Morgan fingerprint density at radius 3 is 2.60 bits per heavy atom. The van der Waals surface area contributed by atoms with E-state index < -0.39 is 5.97 Å². The van der Waals surface area contributed by atoms with Gasteiger partial charge in [0.25, 0.3) is 5.91 Å². The third kappa shape index (κ3) is 4.74. The molecule has 0 spiro atoms. The number of carbonyl (C=O) groups excluding carboxylic acids is 2. The molecule has 2 heterocycles. The van der Waals surface area contributed by atoms with E-state index in [1.54, 1.807) is 26.5 Å². The molecule has 7 heteroatoms. The van der Waals surface area contributed by atoms with Gasteiger partial charge in [0.2, 0.25) is 0 Å². The molecule has 0 radical (unpaired) electrons. The minimum Gasteiger partial charge on any atom is -0.496 e. The van der Waals surface area contributed by atoms with Crippen LogP contribution in [0.25, 0.3) is 0 Å². The quantitative estimate of drug-likeness (QED) is 0.531. The number of methoxy groups -OCH3 is 1. The second-order valence-corrected chi connectivity index (χ2v) is 7.09. The fourth-order valence-corrected chi connectivity index (χ4v) is 3.30. The van der Waals surface area contributed by atoms with E-state index in [0.717, 1.165) is 22.7 Å². The molecule has 0 saturated heterocycles. The van der Waals surface area contributed by atoms with Crippen molar-refractivity contribution < 1.29 is 23.5 Å². The zero-order valence-electron chi connectivity index (χ0n) is 17.7. The molecule has 0 fully saturated rings. The molecule has 7 nitrogen and oxygen atoms in total. The van der Waals surface area contributed by atoms with Crippen LogP contribution < -0.4 is 4.74 Å². The normalized spacial score (nSPS) is 10.7. The lowest BCUT2D eigenvalue weighted by Gasteiger charge is -2.18. The highest BCUT2D eigenvalue weighted by molar-refractivity contribution is 5.92. The number of furan rings is 1. The zero-order valence-corrected chi connectivity index (χ0v) is 17.7. The number of hydrogen-bond acceptors (Lipinski definition) is 5. The summed E-state index contributed by atoms with van der Waals surface area (Å²) in [5.74, 6) is 0.689. The Balaban J connectivity index is 1.60. The molecule has 3 rings (SSSR count). The fraction of sp³-hybridized carbons (Fsp3) is 0.304. The number of benzene rings is 1. The molecular formula is C23H26N2O5. The summed E-state index contributed by atoms with van der Waals surface area (Å²) in [5, 5.41) is 0. The molecule has 0 aliphatic rings. The monoisotopic (exact) mass is 410 g/mol. The summed E-state index contributed by atoms with van der Waals surface area (Å²) in [6, 6.07) is 13.0. The molecule has 0 saturated carbocycles. The van der Waals surface area contributed by atoms with E-state index in [1.165, 1.54) is 4.90 Å². The summed E-state index contributed by atoms with van der Waals surface area (Å²) in [6.45, 7) is 4.32. The molecule has 1 aromatic carbocycles. The van der Waals surface area contributed by atoms with Gasteiger partial charge in [0, 0.05) is 30.5 Å². The third-order valence-corrected chi connectivity index (χ3v) is 5.04. The molecule has 0 bridgehead atoms. The van der Waals surface area contributed by atoms with Gasteiger partial charge >= 0.3 is 5.97 Å². The first-order valence-electron chi connectivity index (χ1n) is 9.62. The molecule has 1 amide bonds. The Hall–Kier alpha value is -3.48. The number of hydrogen-bond donors (Lipinski definition) is 0. The summed E-state index contributed by atoms with van der Waals surface area (Å²) in [6.07, 6.45) is 1.62. The average Bonchev–Trinajstić information content (AvgIpc) is 3.36. The summed E-state index contributed by atoms with van der Waals surface area (Å²) in [7, 11) is 3.25. The van der Waals surface area contributed by atoms with Gasteiger partial charge in [0.05, 0.1) is 25.5 Å². The number of para-hydroxylation sites is 1. The maximum absolute atomic E-state index is 12.6. The molecule has 2 aromatic heterocycles. The molecule has 0 atom stereocenters. The Labute approximate surface area is 175 Å². The van der Waals surface area contributed by atoms with Gasteiger partial charge in [-0.05, 0) is 38.1 Å². The van der Waals surface area contributed by atoms with Crippen molar-refractivity contribution in [2.75, 3.05) is 20.8 Å². The van der Waals surface area contributed by atoms with Gasteiger partial charge in [0.1, 0.15) is 11.5 Å². The fourth-order valence-electron chi connectivity index (χ4n) is 3.30. The molecule has 0 aliphatic carbocycles. The minimum absolute atomic E-state index is 0.293. The molecule has 0 aliphatic heterocycles. The van der Waals surface area contributed by atoms with Crippen molar-refractivity contribution in [3.05, 3.63) is 77.0 Å². The summed E-state index contributed by atoms with van der Waals surface area (Å²) < 4.78 is 18.0. The Bertz CT molecular complexity index is 1020. The van der Waals surface area contributed by atoms with Crippen LogP contribution in [0.4, 0.5) is 0 Å². The average molecular weight is 410 g/mol. The lowest BCUT2D eigenvalue weighted by atomic mass is 10.2. The van der Waals surface area contributed by atoms with Crippen molar-refractivity contribution in [1.82, 2.24) is 9.47 Å². The first-order valence-corrected chi connectivity index (χ1v) is 9.62. The number of aryl methyl sites for hydroxylation is 1. The number of likely N-dealkylation sites (N-methyl/N-ethyl adjacent to an activating group) is 1. The van der Waals surface area contributed by atoms with Gasteiger partial charge in [-0.2, -0.15) is 0 Å². The number of rotatable bonds is 8. The lowest BCUT2D eigenvalue weighted by molar-refractivity contribution is -0.133. The van der Waals surface area contributed by atoms with Crippen LogP contribution in [0.3, 0.4) is 0 Å². The molecule has 0 N–H and O–H groups in total. The molecular weight excluding hydrogens is 384 g/mol. The summed E-state index contributed by atoms with van der Waals surface area (Å²) >= 11 is 0. The highest BCUT2D eigenvalue weighted by Gasteiger charge is 2.20. The van der Waals surface area contributed by atoms with Crippen LogP contribution in [0, 0.1) is 13.8 Å². The van der Waals surface area contributed by atoms with Gasteiger partial charge in [-0.25, -0.2) is 4.79 Å². The van der Waals surface area contributed by atoms with E-state index in [0.29, 0.717) is 24.4 Å². The predicted octanol–water partition coefficient (Wildman–Crippen LogP) is 3.57. The Morgan fingerprint density at radius 2 is 1.90 bits per heavy atom. The first-order chi connectivity index (χ1) is 14.4. The molecule has 30 heavy (non-hydrogen) atoms. The molecule has 0 unspecified atom stereocenters. The highest BCUT2D eigenvalue weighted by Crippen LogP contribution is 2.20. The largest absolute Gasteiger partial charge is 0.496 e. The van der Waals surface area contributed by atoms with Crippen LogP contribution in [0.1, 0.15) is 33.1 Å². The van der Waals surface area contributed by atoms with Gasteiger partial charge in [-0.3, -0.25) is 4.79 Å². The van der Waals surface area contributed by atoms with Crippen molar-refractivity contribution in [2.24, 2.45) is 0 Å². The van der Waals surface area contributed by atoms with Crippen molar-refractivity contribution in [2.45, 2.75) is 26.9 Å². The Morgan fingerprint density at radius 1 is 1.13 bits per heavy atom. The van der Waals surface area contributed by atoms with Gasteiger partial charge < -0.3 is 23.4 Å². The minimum atomic E-state index is -0.521. The van der Waals surface area contributed by atoms with Crippen molar-refractivity contribution >= 4 is 11.9 Å². The summed E-state index contributed by atoms with van der Waals surface area (Å²) in [4.78, 5) is 26.5. The van der Waals surface area contributed by atoms with E-state index >= 15 is 0 Å². The van der Waals surface area contributed by atoms with Crippen LogP contribution in [0.15, 0.2) is 53.1 Å². The van der Waals surface area contributed by atoms with Crippen molar-refractivity contribution in [1.29, 1.82) is 0 Å². The Kier molecular flexibility index (Phi) is 6.61. The van der Waals surface area contributed by atoms with E-state index in [2.05, 4.69) is 0 Å². The number of aromatic nitrogens is 1. The third-order valence-electron chi connectivity index (χ3n) is 5.04. The maximum atomic E-state index is 12.6. The van der Waals surface area contributed by atoms with Crippen molar-refractivity contribution in [3.63, 3.8) is 0 Å². The van der Waals surface area contributed by atoms with Gasteiger partial charge in [0.15, 0.2) is 6.61 Å². The van der Waals surface area contributed by atoms with E-state index in [9.17, 15) is 9.59 Å². The zero-order chi connectivity index (χ0) is 21.7. The van der Waals surface area contributed by atoms with E-state index in [1.807, 2.05) is 54.8 Å². The first kappa shape index (κ1) is 21.2. The maximum Gasteiger partial charge on any atom is 0.340 e. The molecule has 158 valence electrons. The van der Waals surface area contributed by atoms with E-state index in [-0.39, 0.29) is 12.5 Å². The molecule has 3 aromatic rings. The summed E-state index contributed by atoms with van der Waals surface area (Å²) in [5.41, 5.74) is 3.00. The van der Waals surface area contributed by atoms with Crippen LogP contribution >= 0.6 is 0 Å². The number of nitrogens with zero attached hydrogens (tertiary/aromatic N) is 2. The van der Waals surface area contributed by atoms with Gasteiger partial charge in [-0.1, -0.05) is 18.2 Å². The van der Waals surface area contributed by atoms with Crippen LogP contribution in [0.5, 0.6) is 5.75 Å². The number of ether oxygens (including phenoxy) is 2. The van der Waals surface area contributed by atoms with Crippen LogP contribution in [-0.4, -0.2) is 42.1 Å². The number of amides is 1. The van der Waals surface area contributed by atoms with Crippen LogP contribution in [-0.2, 0) is 22.6 Å². The SMILES string of the molecule is COc1ccccc1CN(C)C(=O)COC(=O)c1cc(C)n(Cc2ccco2)c1C. The highest BCUT2D eigenvalue weighted by atomic mass is 16.5. The second-order valence-electron chi connectivity index (χ2n) is 7.09. The van der Waals surface area contributed by atoms with Crippen molar-refractivity contribution in [3.8, 4) is 5.75 Å². The lowest BCUT2D eigenvalue weighted by Crippen LogP contribution is -2.31. The standard InChI is InChI=1S/C23H26N2O5/c1-16-12-20(17(2)25(16)14-19-9-7-11-29-19)23(27)30-15-22(26)24(3)13-18-8-5-6-10-21(18)28-4/h5-12H,13-15H2,1-4H3. The smallest absolute Gasteiger partial charge is 0.340 e. The predicted molar refractivity (Wildman–Crippen MR) is 111 cm³/mol. The van der Waals surface area contributed by atoms with Crippen LogP contribution in [0.2, 0.25) is 0 Å². The number of esters is 1. The van der Waals surface area contributed by atoms with E-state index in [4.69, 9.17) is 13.9 Å². The second kappa shape index (κ2) is 9.35. The number of carbonyl (C=O) groups is 2. The topological polar surface area (TPSA) is 73.9 Å².